The first-order valence-electron chi connectivity index (χ1n) is 6.33. The number of likely N-dealkylation sites (tertiary alicyclic amines) is 1. The molecule has 0 amide bonds. The van der Waals surface area contributed by atoms with E-state index in [0.29, 0.717) is 6.04 Å². The van der Waals surface area contributed by atoms with Gasteiger partial charge in [-0.15, -0.1) is 12.4 Å². The summed E-state index contributed by atoms with van der Waals surface area (Å²) in [6.07, 6.45) is 8.84. The first-order chi connectivity index (χ1) is 8.29. The van der Waals surface area contributed by atoms with Crippen molar-refractivity contribution in [2.75, 3.05) is 13.1 Å². The quantitative estimate of drug-likeness (QED) is 0.920. The van der Waals surface area contributed by atoms with Crippen molar-refractivity contribution in [3.63, 3.8) is 0 Å². The van der Waals surface area contributed by atoms with Crippen LogP contribution in [-0.4, -0.2) is 29.0 Å². The third kappa shape index (κ3) is 4.50. The molecular weight excluding hydrogens is 314 g/mol. The maximum atomic E-state index is 5.69. The Hall–Kier alpha value is -0.160. The molecule has 1 unspecified atom stereocenters. The lowest BCUT2D eigenvalue weighted by atomic mass is 9.99. The van der Waals surface area contributed by atoms with Crippen LogP contribution in [0.2, 0.25) is 0 Å². The van der Waals surface area contributed by atoms with Gasteiger partial charge in [-0.25, -0.2) is 0 Å². The van der Waals surface area contributed by atoms with E-state index in [4.69, 9.17) is 5.73 Å². The van der Waals surface area contributed by atoms with Gasteiger partial charge in [0.2, 0.25) is 0 Å². The van der Waals surface area contributed by atoms with Crippen LogP contribution in [0.25, 0.3) is 0 Å². The zero-order chi connectivity index (χ0) is 12.1. The van der Waals surface area contributed by atoms with Crippen molar-refractivity contribution in [3.8, 4) is 0 Å². The summed E-state index contributed by atoms with van der Waals surface area (Å²) in [6, 6.07) is 2.81. The molecule has 1 saturated heterocycles. The summed E-state index contributed by atoms with van der Waals surface area (Å²) in [6.45, 7) is 2.98. The van der Waals surface area contributed by atoms with Crippen LogP contribution in [0.1, 0.15) is 31.2 Å². The Morgan fingerprint density at radius 1 is 1.39 bits per heavy atom. The molecule has 3 nitrogen and oxygen atoms in total. The van der Waals surface area contributed by atoms with E-state index in [9.17, 15) is 0 Å². The van der Waals surface area contributed by atoms with Crippen molar-refractivity contribution < 1.29 is 0 Å². The maximum Gasteiger partial charge on any atom is 0.0410 e. The van der Waals surface area contributed by atoms with Gasteiger partial charge in [-0.2, -0.15) is 0 Å². The van der Waals surface area contributed by atoms with E-state index in [-0.39, 0.29) is 12.4 Å². The molecule has 1 aliphatic rings. The Bertz CT molecular complexity index is 360. The van der Waals surface area contributed by atoms with Gasteiger partial charge in [-0.3, -0.25) is 9.88 Å². The molecule has 5 heteroatoms. The topological polar surface area (TPSA) is 42.1 Å². The Morgan fingerprint density at radius 2 is 2.22 bits per heavy atom. The van der Waals surface area contributed by atoms with Crippen LogP contribution >= 0.6 is 28.3 Å². The SMILES string of the molecule is Cl.NCCC1CCCCN1Cc1cncc(Br)c1. The lowest BCUT2D eigenvalue weighted by Gasteiger charge is -2.35. The van der Waals surface area contributed by atoms with Crippen molar-refractivity contribution >= 4 is 28.3 Å². The molecule has 1 fully saturated rings. The van der Waals surface area contributed by atoms with E-state index in [2.05, 4.69) is 31.9 Å². The molecule has 102 valence electrons. The van der Waals surface area contributed by atoms with Gasteiger partial charge in [0, 0.05) is 29.5 Å². The van der Waals surface area contributed by atoms with Crippen molar-refractivity contribution in [3.05, 3.63) is 28.5 Å². The summed E-state index contributed by atoms with van der Waals surface area (Å²) < 4.78 is 1.06. The number of hydrogen-bond donors (Lipinski definition) is 1. The summed E-state index contributed by atoms with van der Waals surface area (Å²) in [5.74, 6) is 0. The number of halogens is 2. The zero-order valence-electron chi connectivity index (χ0n) is 10.5. The first-order valence-corrected chi connectivity index (χ1v) is 7.12. The van der Waals surface area contributed by atoms with Gasteiger partial charge in [-0.1, -0.05) is 6.42 Å². The van der Waals surface area contributed by atoms with Crippen molar-refractivity contribution in [1.82, 2.24) is 9.88 Å². The fourth-order valence-electron chi connectivity index (χ4n) is 2.56. The molecule has 1 aromatic heterocycles. The number of rotatable bonds is 4. The van der Waals surface area contributed by atoms with Crippen molar-refractivity contribution in [2.45, 2.75) is 38.3 Å². The van der Waals surface area contributed by atoms with Crippen LogP contribution in [0.15, 0.2) is 22.9 Å². The predicted octanol–water partition coefficient (Wildman–Crippen LogP) is 2.97. The second kappa shape index (κ2) is 8.10. The van der Waals surface area contributed by atoms with Gasteiger partial charge in [-0.05, 0) is 59.9 Å². The van der Waals surface area contributed by atoms with Gasteiger partial charge in [0.1, 0.15) is 0 Å². The van der Waals surface area contributed by atoms with Crippen molar-refractivity contribution in [2.24, 2.45) is 5.73 Å². The minimum Gasteiger partial charge on any atom is -0.330 e. The van der Waals surface area contributed by atoms with E-state index < -0.39 is 0 Å². The Labute approximate surface area is 124 Å². The molecule has 0 spiro atoms. The van der Waals surface area contributed by atoms with E-state index in [1.54, 1.807) is 0 Å². The van der Waals surface area contributed by atoms with Crippen LogP contribution < -0.4 is 5.73 Å². The summed E-state index contributed by atoms with van der Waals surface area (Å²) in [5.41, 5.74) is 6.97. The summed E-state index contributed by atoms with van der Waals surface area (Å²) in [4.78, 5) is 6.78. The largest absolute Gasteiger partial charge is 0.330 e. The Balaban J connectivity index is 0.00000162. The van der Waals surface area contributed by atoms with E-state index >= 15 is 0 Å². The lowest BCUT2D eigenvalue weighted by Crippen LogP contribution is -2.40. The highest BCUT2D eigenvalue weighted by atomic mass is 79.9. The molecule has 2 rings (SSSR count). The number of nitrogens with two attached hydrogens (primary N) is 1. The molecule has 0 radical (unpaired) electrons. The van der Waals surface area contributed by atoms with Crippen LogP contribution in [-0.2, 0) is 6.54 Å². The van der Waals surface area contributed by atoms with Crippen LogP contribution in [0, 0.1) is 0 Å². The minimum atomic E-state index is 0. The van der Waals surface area contributed by atoms with E-state index in [1.807, 2.05) is 12.4 Å². The Morgan fingerprint density at radius 3 is 2.94 bits per heavy atom. The number of aromatic nitrogens is 1. The minimum absolute atomic E-state index is 0. The highest BCUT2D eigenvalue weighted by Crippen LogP contribution is 2.22. The highest BCUT2D eigenvalue weighted by molar-refractivity contribution is 9.10. The average molecular weight is 335 g/mol. The van der Waals surface area contributed by atoms with Crippen LogP contribution in [0.3, 0.4) is 0 Å². The Kier molecular flexibility index (Phi) is 7.15. The molecule has 18 heavy (non-hydrogen) atoms. The molecule has 1 aliphatic heterocycles. The van der Waals surface area contributed by atoms with Crippen molar-refractivity contribution in [1.29, 1.82) is 0 Å². The van der Waals surface area contributed by atoms with Gasteiger partial charge in [0.15, 0.2) is 0 Å². The third-order valence-electron chi connectivity index (χ3n) is 3.40. The smallest absolute Gasteiger partial charge is 0.0410 e. The molecule has 0 saturated carbocycles. The van der Waals surface area contributed by atoms with Crippen LogP contribution in [0.5, 0.6) is 0 Å². The fraction of sp³-hybridized carbons (Fsp3) is 0.615. The molecule has 2 N–H and O–H groups in total. The molecule has 0 aliphatic carbocycles. The van der Waals surface area contributed by atoms with Gasteiger partial charge >= 0.3 is 0 Å². The fourth-order valence-corrected chi connectivity index (χ4v) is 2.98. The number of pyridine rings is 1. The monoisotopic (exact) mass is 333 g/mol. The standard InChI is InChI=1S/C13H20BrN3.ClH/c14-12-7-11(8-16-9-12)10-17-6-2-1-3-13(17)4-5-15;/h7-9,13H,1-6,10,15H2;1H. The third-order valence-corrected chi connectivity index (χ3v) is 3.83. The molecule has 0 aromatic carbocycles. The number of hydrogen-bond acceptors (Lipinski definition) is 3. The molecule has 1 aromatic rings. The lowest BCUT2D eigenvalue weighted by molar-refractivity contribution is 0.134. The second-order valence-corrected chi connectivity index (χ2v) is 5.62. The molecule has 0 bridgehead atoms. The number of nitrogens with zero attached hydrogens (tertiary/aromatic N) is 2. The predicted molar refractivity (Wildman–Crippen MR) is 80.9 cm³/mol. The van der Waals surface area contributed by atoms with Crippen LogP contribution in [0.4, 0.5) is 0 Å². The zero-order valence-corrected chi connectivity index (χ0v) is 12.9. The molecular formula is C13H21BrClN3. The van der Waals surface area contributed by atoms with E-state index in [0.717, 1.165) is 24.0 Å². The average Bonchev–Trinajstić information content (AvgIpc) is 2.32. The second-order valence-electron chi connectivity index (χ2n) is 4.71. The normalized spacial score (nSPS) is 20.4. The summed E-state index contributed by atoms with van der Waals surface area (Å²) in [7, 11) is 0. The number of piperidine rings is 1. The summed E-state index contributed by atoms with van der Waals surface area (Å²) >= 11 is 3.47. The van der Waals surface area contributed by atoms with Gasteiger partial charge < -0.3 is 5.73 Å². The highest BCUT2D eigenvalue weighted by Gasteiger charge is 2.21. The summed E-state index contributed by atoms with van der Waals surface area (Å²) in [5, 5.41) is 0. The molecule has 1 atom stereocenters. The van der Waals surface area contributed by atoms with Gasteiger partial charge in [0.05, 0.1) is 0 Å². The maximum absolute atomic E-state index is 5.69. The van der Waals surface area contributed by atoms with Gasteiger partial charge in [0.25, 0.3) is 0 Å². The van der Waals surface area contributed by atoms with E-state index in [1.165, 1.54) is 31.4 Å². The first kappa shape index (κ1) is 15.9. The molecule has 2 heterocycles.